The summed E-state index contributed by atoms with van der Waals surface area (Å²) in [6, 6.07) is 6.37. The Morgan fingerprint density at radius 3 is 3.05 bits per heavy atom. The third kappa shape index (κ3) is 4.77. The smallest absolute Gasteiger partial charge is 0.234 e. The van der Waals surface area contributed by atoms with Gasteiger partial charge in [-0.2, -0.15) is 0 Å². The van der Waals surface area contributed by atoms with E-state index in [-0.39, 0.29) is 37.0 Å². The highest BCUT2D eigenvalue weighted by Gasteiger charge is 2.24. The van der Waals surface area contributed by atoms with Crippen molar-refractivity contribution in [2.45, 2.75) is 25.6 Å². The molecule has 6 heteroatoms. The van der Waals surface area contributed by atoms with Crippen LogP contribution in [0.4, 0.5) is 4.39 Å². The van der Waals surface area contributed by atoms with Crippen LogP contribution in [0.2, 0.25) is 0 Å². The van der Waals surface area contributed by atoms with E-state index in [1.165, 1.54) is 6.07 Å². The minimum atomic E-state index is -0.304. The number of nitrogens with zero attached hydrogens (tertiary/aromatic N) is 1. The Bertz CT molecular complexity index is 482. The van der Waals surface area contributed by atoms with Gasteiger partial charge < -0.3 is 15.8 Å². The average molecular weight is 295 g/mol. The number of hydrogen-bond donors (Lipinski definition) is 2. The first kappa shape index (κ1) is 15.9. The maximum absolute atomic E-state index is 13.4. The van der Waals surface area contributed by atoms with Crippen molar-refractivity contribution in [3.63, 3.8) is 0 Å². The number of benzene rings is 1. The molecule has 0 radical (unpaired) electrons. The molecule has 1 aliphatic rings. The minimum absolute atomic E-state index is 0.0434. The zero-order chi connectivity index (χ0) is 15.2. The molecular formula is C15H22FN3O2. The van der Waals surface area contributed by atoms with Crippen molar-refractivity contribution in [1.29, 1.82) is 0 Å². The number of carbonyl (C=O) groups excluding carboxylic acids is 1. The second-order valence-electron chi connectivity index (χ2n) is 5.37. The highest BCUT2D eigenvalue weighted by atomic mass is 19.1. The third-order valence-electron chi connectivity index (χ3n) is 3.57. The van der Waals surface area contributed by atoms with Gasteiger partial charge in [0.05, 0.1) is 19.3 Å². The molecular weight excluding hydrogens is 273 g/mol. The van der Waals surface area contributed by atoms with E-state index in [1.807, 2.05) is 11.8 Å². The highest BCUT2D eigenvalue weighted by molar-refractivity contribution is 5.78. The number of morpholine rings is 1. The Morgan fingerprint density at radius 2 is 2.33 bits per heavy atom. The van der Waals surface area contributed by atoms with Gasteiger partial charge in [-0.15, -0.1) is 0 Å². The first-order valence-electron chi connectivity index (χ1n) is 7.16. The molecule has 0 spiro atoms. The van der Waals surface area contributed by atoms with Crippen LogP contribution in [0.15, 0.2) is 24.3 Å². The number of ether oxygens (including phenoxy) is 1. The number of nitrogens with two attached hydrogens (primary N) is 1. The van der Waals surface area contributed by atoms with Gasteiger partial charge >= 0.3 is 0 Å². The lowest BCUT2D eigenvalue weighted by atomic mass is 10.1. The molecule has 2 rings (SSSR count). The number of nitrogens with one attached hydrogen (secondary N) is 1. The van der Waals surface area contributed by atoms with E-state index in [1.54, 1.807) is 18.2 Å². The van der Waals surface area contributed by atoms with Gasteiger partial charge in [-0.3, -0.25) is 9.69 Å². The molecule has 3 N–H and O–H groups in total. The molecule has 2 unspecified atom stereocenters. The molecule has 1 amide bonds. The van der Waals surface area contributed by atoms with E-state index < -0.39 is 0 Å². The summed E-state index contributed by atoms with van der Waals surface area (Å²) < 4.78 is 19.0. The predicted octanol–water partition coefficient (Wildman–Crippen LogP) is 0.490. The maximum atomic E-state index is 13.4. The van der Waals surface area contributed by atoms with Gasteiger partial charge in [0, 0.05) is 31.2 Å². The normalized spacial score (nSPS) is 21.0. The van der Waals surface area contributed by atoms with Crippen LogP contribution in [0.3, 0.4) is 0 Å². The first-order chi connectivity index (χ1) is 10.1. The molecule has 2 atom stereocenters. The third-order valence-corrected chi connectivity index (χ3v) is 3.57. The van der Waals surface area contributed by atoms with Crippen LogP contribution in [-0.4, -0.2) is 49.2 Å². The standard InChI is InChI=1S/C15H22FN3O2/c1-11(17)14-9-19(6-7-21-14)10-15(20)18-8-12-4-2-3-5-13(12)16/h2-5,11,14H,6-10,17H2,1H3,(H,18,20). The Balaban J connectivity index is 1.78. The quantitative estimate of drug-likeness (QED) is 0.829. The molecule has 21 heavy (non-hydrogen) atoms. The van der Waals surface area contributed by atoms with Crippen molar-refractivity contribution in [2.24, 2.45) is 5.73 Å². The van der Waals surface area contributed by atoms with Crippen LogP contribution in [0.5, 0.6) is 0 Å². The van der Waals surface area contributed by atoms with Crippen molar-refractivity contribution in [1.82, 2.24) is 10.2 Å². The molecule has 0 aromatic heterocycles. The summed E-state index contributed by atoms with van der Waals surface area (Å²) in [5.41, 5.74) is 6.30. The fraction of sp³-hybridized carbons (Fsp3) is 0.533. The lowest BCUT2D eigenvalue weighted by molar-refractivity contribution is -0.124. The molecule has 1 aromatic rings. The number of rotatable bonds is 5. The number of amides is 1. The van der Waals surface area contributed by atoms with Crippen molar-refractivity contribution < 1.29 is 13.9 Å². The summed E-state index contributed by atoms with van der Waals surface area (Å²) in [6.45, 7) is 4.30. The van der Waals surface area contributed by atoms with Crippen LogP contribution in [0, 0.1) is 5.82 Å². The summed E-state index contributed by atoms with van der Waals surface area (Å²) in [5, 5.41) is 2.74. The monoisotopic (exact) mass is 295 g/mol. The van der Waals surface area contributed by atoms with Crippen LogP contribution >= 0.6 is 0 Å². The van der Waals surface area contributed by atoms with E-state index in [4.69, 9.17) is 10.5 Å². The van der Waals surface area contributed by atoms with E-state index in [9.17, 15) is 9.18 Å². The Hall–Kier alpha value is -1.50. The first-order valence-corrected chi connectivity index (χ1v) is 7.16. The van der Waals surface area contributed by atoms with Crippen molar-refractivity contribution in [3.8, 4) is 0 Å². The lowest BCUT2D eigenvalue weighted by Crippen LogP contribution is -2.51. The van der Waals surface area contributed by atoms with Gasteiger partial charge in [-0.05, 0) is 13.0 Å². The summed E-state index contributed by atoms with van der Waals surface area (Å²) >= 11 is 0. The van der Waals surface area contributed by atoms with Crippen LogP contribution in [0.1, 0.15) is 12.5 Å². The van der Waals surface area contributed by atoms with E-state index in [0.29, 0.717) is 25.3 Å². The van der Waals surface area contributed by atoms with Crippen LogP contribution in [-0.2, 0) is 16.1 Å². The Labute approximate surface area is 124 Å². The average Bonchev–Trinajstić information content (AvgIpc) is 2.46. The lowest BCUT2D eigenvalue weighted by Gasteiger charge is -2.34. The summed E-state index contributed by atoms with van der Waals surface area (Å²) in [4.78, 5) is 13.9. The summed E-state index contributed by atoms with van der Waals surface area (Å²) in [7, 11) is 0. The van der Waals surface area contributed by atoms with Crippen molar-refractivity contribution in [3.05, 3.63) is 35.6 Å². The molecule has 1 heterocycles. The van der Waals surface area contributed by atoms with E-state index >= 15 is 0 Å². The fourth-order valence-corrected chi connectivity index (χ4v) is 2.29. The van der Waals surface area contributed by atoms with Gasteiger partial charge in [0.1, 0.15) is 5.82 Å². The molecule has 1 aromatic carbocycles. The van der Waals surface area contributed by atoms with Crippen molar-refractivity contribution in [2.75, 3.05) is 26.2 Å². The highest BCUT2D eigenvalue weighted by Crippen LogP contribution is 2.08. The van der Waals surface area contributed by atoms with E-state index in [0.717, 1.165) is 0 Å². The van der Waals surface area contributed by atoms with Crippen molar-refractivity contribution >= 4 is 5.91 Å². The van der Waals surface area contributed by atoms with Gasteiger partial charge in [-0.1, -0.05) is 18.2 Å². The molecule has 1 fully saturated rings. The topological polar surface area (TPSA) is 67.6 Å². The zero-order valence-corrected chi connectivity index (χ0v) is 12.2. The molecule has 0 aliphatic carbocycles. The number of hydrogen-bond acceptors (Lipinski definition) is 4. The van der Waals surface area contributed by atoms with Crippen LogP contribution in [0.25, 0.3) is 0 Å². The number of halogens is 1. The fourth-order valence-electron chi connectivity index (χ4n) is 2.29. The largest absolute Gasteiger partial charge is 0.374 e. The predicted molar refractivity (Wildman–Crippen MR) is 78.1 cm³/mol. The Kier molecular flexibility index (Phi) is 5.67. The summed E-state index contributed by atoms with van der Waals surface area (Å²) in [5.74, 6) is -0.426. The van der Waals surface area contributed by atoms with Crippen LogP contribution < -0.4 is 11.1 Å². The molecule has 0 bridgehead atoms. The zero-order valence-electron chi connectivity index (χ0n) is 12.2. The maximum Gasteiger partial charge on any atom is 0.234 e. The molecule has 1 saturated heterocycles. The SMILES string of the molecule is CC(N)C1CN(CC(=O)NCc2ccccc2F)CCO1. The second-order valence-corrected chi connectivity index (χ2v) is 5.37. The minimum Gasteiger partial charge on any atom is -0.374 e. The van der Waals surface area contributed by atoms with Gasteiger partial charge in [-0.25, -0.2) is 4.39 Å². The Morgan fingerprint density at radius 1 is 1.57 bits per heavy atom. The second kappa shape index (κ2) is 7.49. The molecule has 0 saturated carbocycles. The van der Waals surface area contributed by atoms with E-state index in [2.05, 4.69) is 5.32 Å². The van der Waals surface area contributed by atoms with Gasteiger partial charge in [0.25, 0.3) is 0 Å². The summed E-state index contributed by atoms with van der Waals surface area (Å²) in [6.07, 6.45) is -0.0434. The number of carbonyl (C=O) groups is 1. The molecule has 116 valence electrons. The van der Waals surface area contributed by atoms with Gasteiger partial charge in [0.15, 0.2) is 0 Å². The molecule has 1 aliphatic heterocycles. The molecule has 5 nitrogen and oxygen atoms in total. The van der Waals surface area contributed by atoms with Gasteiger partial charge in [0.2, 0.25) is 5.91 Å².